The normalized spacial score (nSPS) is 10.4. The number of rotatable bonds is 5. The van der Waals surface area contributed by atoms with Gasteiger partial charge >= 0.3 is 0 Å². The Balaban J connectivity index is 2.03. The minimum Gasteiger partial charge on any atom is -0.467 e. The van der Waals surface area contributed by atoms with Gasteiger partial charge in [-0.05, 0) is 37.3 Å². The molecule has 126 valence electrons. The molecule has 0 radical (unpaired) electrons. The van der Waals surface area contributed by atoms with E-state index in [1.54, 1.807) is 36.3 Å². The summed E-state index contributed by atoms with van der Waals surface area (Å²) in [5, 5.41) is 11.2. The molecule has 1 aromatic heterocycles. The first-order valence-corrected chi connectivity index (χ1v) is 7.71. The van der Waals surface area contributed by atoms with Gasteiger partial charge in [0.05, 0.1) is 17.7 Å². The maximum Gasteiger partial charge on any atom is 0.273 e. The first-order chi connectivity index (χ1) is 12.1. The van der Waals surface area contributed by atoms with Gasteiger partial charge in [-0.15, -0.1) is 0 Å². The van der Waals surface area contributed by atoms with Crippen molar-refractivity contribution in [2.45, 2.75) is 13.5 Å². The van der Waals surface area contributed by atoms with E-state index < -0.39 is 4.92 Å². The largest absolute Gasteiger partial charge is 0.467 e. The minimum absolute atomic E-state index is 0.0724. The number of para-hydroxylation sites is 1. The highest BCUT2D eigenvalue weighted by molar-refractivity contribution is 6.07. The second kappa shape index (κ2) is 7.00. The van der Waals surface area contributed by atoms with Crippen LogP contribution in [0.15, 0.2) is 71.3 Å². The number of benzene rings is 2. The van der Waals surface area contributed by atoms with Crippen molar-refractivity contribution in [3.8, 4) is 0 Å². The maximum absolute atomic E-state index is 13.1. The standard InChI is InChI=1S/C19H16N2O4/c1-14-17(10-5-11-18(14)21(23)24)19(22)20(13-16-9-6-12-25-16)15-7-3-2-4-8-15/h2-12H,13H2,1H3. The molecule has 0 spiro atoms. The van der Waals surface area contributed by atoms with Crippen molar-refractivity contribution in [2.75, 3.05) is 4.90 Å². The smallest absolute Gasteiger partial charge is 0.273 e. The maximum atomic E-state index is 13.1. The van der Waals surface area contributed by atoms with Crippen LogP contribution in [0.1, 0.15) is 21.7 Å². The summed E-state index contributed by atoms with van der Waals surface area (Å²) < 4.78 is 5.36. The molecule has 25 heavy (non-hydrogen) atoms. The van der Waals surface area contributed by atoms with Crippen molar-refractivity contribution in [2.24, 2.45) is 0 Å². The number of nitro groups is 1. The van der Waals surface area contributed by atoms with E-state index >= 15 is 0 Å². The molecule has 0 N–H and O–H groups in total. The van der Waals surface area contributed by atoms with Crippen LogP contribution in [-0.2, 0) is 6.54 Å². The molecule has 3 aromatic rings. The van der Waals surface area contributed by atoms with E-state index in [9.17, 15) is 14.9 Å². The van der Waals surface area contributed by atoms with Crippen LogP contribution in [0.25, 0.3) is 0 Å². The van der Waals surface area contributed by atoms with Gasteiger partial charge in [-0.3, -0.25) is 14.9 Å². The molecule has 0 atom stereocenters. The first kappa shape index (κ1) is 16.4. The molecular weight excluding hydrogens is 320 g/mol. The van der Waals surface area contributed by atoms with Crippen LogP contribution in [0.2, 0.25) is 0 Å². The Bertz CT molecular complexity index is 889. The second-order valence-electron chi connectivity index (χ2n) is 5.51. The molecular formula is C19H16N2O4. The van der Waals surface area contributed by atoms with Gasteiger partial charge in [-0.1, -0.05) is 24.3 Å². The van der Waals surface area contributed by atoms with Crippen LogP contribution in [0, 0.1) is 17.0 Å². The Labute approximate surface area is 144 Å². The fourth-order valence-electron chi connectivity index (χ4n) is 2.64. The highest BCUT2D eigenvalue weighted by atomic mass is 16.6. The number of anilines is 1. The van der Waals surface area contributed by atoms with Crippen molar-refractivity contribution < 1.29 is 14.1 Å². The van der Waals surface area contributed by atoms with Crippen molar-refractivity contribution in [3.05, 3.63) is 93.9 Å². The summed E-state index contributed by atoms with van der Waals surface area (Å²) in [7, 11) is 0. The van der Waals surface area contributed by atoms with Crippen LogP contribution >= 0.6 is 0 Å². The number of furan rings is 1. The molecule has 0 saturated carbocycles. The van der Waals surface area contributed by atoms with Crippen LogP contribution in [0.4, 0.5) is 11.4 Å². The van der Waals surface area contributed by atoms with Crippen LogP contribution in [0.5, 0.6) is 0 Å². The molecule has 6 nitrogen and oxygen atoms in total. The van der Waals surface area contributed by atoms with Gasteiger partial charge in [0.2, 0.25) is 0 Å². The zero-order valence-corrected chi connectivity index (χ0v) is 13.6. The van der Waals surface area contributed by atoms with Crippen molar-refractivity contribution >= 4 is 17.3 Å². The Morgan fingerprint density at radius 1 is 1.08 bits per heavy atom. The lowest BCUT2D eigenvalue weighted by Gasteiger charge is -2.22. The topological polar surface area (TPSA) is 76.6 Å². The molecule has 1 heterocycles. The molecule has 0 fully saturated rings. The number of amides is 1. The average Bonchev–Trinajstić information content (AvgIpc) is 3.13. The van der Waals surface area contributed by atoms with Gasteiger partial charge in [0.25, 0.3) is 11.6 Å². The van der Waals surface area contributed by atoms with E-state index in [2.05, 4.69) is 0 Å². The van der Waals surface area contributed by atoms with E-state index in [0.29, 0.717) is 22.6 Å². The highest BCUT2D eigenvalue weighted by Crippen LogP contribution is 2.26. The molecule has 3 rings (SSSR count). The predicted molar refractivity (Wildman–Crippen MR) is 93.5 cm³/mol. The summed E-state index contributed by atoms with van der Waals surface area (Å²) in [6.45, 7) is 1.82. The SMILES string of the molecule is Cc1c(C(=O)N(Cc2ccco2)c2ccccc2)cccc1[N+](=O)[O-]. The van der Waals surface area contributed by atoms with Crippen LogP contribution in [0.3, 0.4) is 0 Å². The van der Waals surface area contributed by atoms with E-state index in [4.69, 9.17) is 4.42 Å². The Morgan fingerprint density at radius 2 is 1.84 bits per heavy atom. The zero-order valence-electron chi connectivity index (χ0n) is 13.6. The third-order valence-corrected chi connectivity index (χ3v) is 3.94. The summed E-state index contributed by atoms with van der Waals surface area (Å²) >= 11 is 0. The summed E-state index contributed by atoms with van der Waals surface area (Å²) in [6.07, 6.45) is 1.54. The van der Waals surface area contributed by atoms with Gasteiger partial charge in [-0.2, -0.15) is 0 Å². The number of nitro benzene ring substituents is 1. The molecule has 0 aliphatic heterocycles. The number of nitrogens with zero attached hydrogens (tertiary/aromatic N) is 2. The molecule has 1 amide bonds. The minimum atomic E-state index is -0.481. The van der Waals surface area contributed by atoms with Crippen molar-refractivity contribution in [1.29, 1.82) is 0 Å². The Hall–Kier alpha value is -3.41. The van der Waals surface area contributed by atoms with E-state index in [-0.39, 0.29) is 18.1 Å². The lowest BCUT2D eigenvalue weighted by Crippen LogP contribution is -2.30. The fraction of sp³-hybridized carbons (Fsp3) is 0.105. The average molecular weight is 336 g/mol. The molecule has 0 bridgehead atoms. The molecule has 0 aliphatic rings. The molecule has 0 saturated heterocycles. The molecule has 6 heteroatoms. The van der Waals surface area contributed by atoms with Gasteiger partial charge in [0.1, 0.15) is 5.76 Å². The van der Waals surface area contributed by atoms with E-state index in [1.807, 2.05) is 30.3 Å². The number of hydrogen-bond acceptors (Lipinski definition) is 4. The lowest BCUT2D eigenvalue weighted by molar-refractivity contribution is -0.385. The van der Waals surface area contributed by atoms with Gasteiger partial charge < -0.3 is 9.32 Å². The zero-order chi connectivity index (χ0) is 17.8. The van der Waals surface area contributed by atoms with E-state index in [1.165, 1.54) is 12.1 Å². The summed E-state index contributed by atoms with van der Waals surface area (Å²) in [5.74, 6) is 0.309. The molecule has 0 unspecified atom stereocenters. The number of hydrogen-bond donors (Lipinski definition) is 0. The Kier molecular flexibility index (Phi) is 4.61. The Morgan fingerprint density at radius 3 is 2.48 bits per heavy atom. The quantitative estimate of drug-likeness (QED) is 0.513. The molecule has 2 aromatic carbocycles. The van der Waals surface area contributed by atoms with Crippen molar-refractivity contribution in [1.82, 2.24) is 0 Å². The first-order valence-electron chi connectivity index (χ1n) is 7.71. The fourth-order valence-corrected chi connectivity index (χ4v) is 2.64. The van der Waals surface area contributed by atoms with Gasteiger partial charge in [-0.25, -0.2) is 0 Å². The number of carbonyl (C=O) groups excluding carboxylic acids is 1. The van der Waals surface area contributed by atoms with Crippen molar-refractivity contribution in [3.63, 3.8) is 0 Å². The van der Waals surface area contributed by atoms with Crippen LogP contribution < -0.4 is 4.90 Å². The van der Waals surface area contributed by atoms with Crippen LogP contribution in [-0.4, -0.2) is 10.8 Å². The summed E-state index contributed by atoms with van der Waals surface area (Å²) in [6, 6.07) is 17.2. The lowest BCUT2D eigenvalue weighted by atomic mass is 10.0. The monoisotopic (exact) mass is 336 g/mol. The number of carbonyl (C=O) groups is 1. The van der Waals surface area contributed by atoms with Gasteiger partial charge in [0, 0.05) is 22.9 Å². The third kappa shape index (κ3) is 3.42. The predicted octanol–water partition coefficient (Wildman–Crippen LogP) is 4.34. The van der Waals surface area contributed by atoms with E-state index in [0.717, 1.165) is 0 Å². The molecule has 0 aliphatic carbocycles. The summed E-state index contributed by atoms with van der Waals surface area (Å²) in [4.78, 5) is 25.4. The third-order valence-electron chi connectivity index (χ3n) is 3.94. The summed E-state index contributed by atoms with van der Waals surface area (Å²) in [5.41, 5.74) is 1.26. The highest BCUT2D eigenvalue weighted by Gasteiger charge is 2.24. The second-order valence-corrected chi connectivity index (χ2v) is 5.51. The van der Waals surface area contributed by atoms with Gasteiger partial charge in [0.15, 0.2) is 0 Å².